The van der Waals surface area contributed by atoms with Gasteiger partial charge in [-0.3, -0.25) is 0 Å². The molecule has 0 N–H and O–H groups in total. The van der Waals surface area contributed by atoms with Crippen LogP contribution in [0.5, 0.6) is 0 Å². The van der Waals surface area contributed by atoms with Crippen LogP contribution in [0.25, 0.3) is 0 Å². The largest absolute Gasteiger partial charge is 0.176 e. The molecule has 0 aromatic heterocycles. The van der Waals surface area contributed by atoms with Gasteiger partial charge in [0.05, 0.1) is 0 Å². The van der Waals surface area contributed by atoms with Crippen molar-refractivity contribution < 1.29 is 0 Å². The minimum atomic E-state index is 1.25. The topological polar surface area (TPSA) is 0 Å². The van der Waals surface area contributed by atoms with E-state index in [0.717, 1.165) is 0 Å². The van der Waals surface area contributed by atoms with Crippen LogP contribution in [-0.2, 0) is 0 Å². The molecule has 50 valence electrons. The van der Waals surface area contributed by atoms with Crippen molar-refractivity contribution in [2.45, 2.75) is 39.0 Å². The summed E-state index contributed by atoms with van der Waals surface area (Å²) in [6, 6.07) is 0. The van der Waals surface area contributed by atoms with Crippen LogP contribution >= 0.6 is 0 Å². The average molecular weight is 138 g/mol. The second-order valence-corrected chi connectivity index (χ2v) is 2.66. The van der Waals surface area contributed by atoms with Crippen molar-refractivity contribution >= 4 is 16.3 Å². The number of allylic oxidation sites excluding steroid dienone is 1. The Kier molecular flexibility index (Phi) is 8.52. The minimum absolute atomic E-state index is 1.25. The van der Waals surface area contributed by atoms with E-state index in [1.165, 1.54) is 32.1 Å². The van der Waals surface area contributed by atoms with E-state index in [-0.39, 0.29) is 0 Å². The third kappa shape index (κ3) is 8.27. The van der Waals surface area contributed by atoms with Gasteiger partial charge in [-0.25, -0.2) is 0 Å². The van der Waals surface area contributed by atoms with Gasteiger partial charge in [0, 0.05) is 0 Å². The number of hydrogen-bond acceptors (Lipinski definition) is 0. The van der Waals surface area contributed by atoms with Crippen LogP contribution in [0.15, 0.2) is 11.0 Å². The van der Waals surface area contributed by atoms with Gasteiger partial charge < -0.3 is 0 Å². The summed E-state index contributed by atoms with van der Waals surface area (Å²) >= 11 is 2.60. The summed E-state index contributed by atoms with van der Waals surface area (Å²) in [6.45, 7) is 2.24. The van der Waals surface area contributed by atoms with E-state index < -0.39 is 0 Å². The molecule has 0 spiro atoms. The van der Waals surface area contributed by atoms with Crippen LogP contribution in [0.1, 0.15) is 39.0 Å². The molecule has 9 heavy (non-hydrogen) atoms. The predicted octanol–water partition coefficient (Wildman–Crippen LogP) is 2.64. The van der Waals surface area contributed by atoms with Gasteiger partial charge in [-0.2, -0.15) is 4.94 Å². The van der Waals surface area contributed by atoms with Gasteiger partial charge in [0.2, 0.25) is 0 Å². The fourth-order valence-corrected chi connectivity index (χ4v) is 0.978. The van der Waals surface area contributed by atoms with Crippen LogP contribution in [0.2, 0.25) is 0 Å². The molecule has 0 rings (SSSR count). The predicted molar refractivity (Wildman–Crippen MR) is 43.7 cm³/mol. The molecular weight excluding hydrogens is 123 g/mol. The first kappa shape index (κ1) is 9.27. The van der Waals surface area contributed by atoms with Gasteiger partial charge >= 0.3 is 0 Å². The van der Waals surface area contributed by atoms with Crippen molar-refractivity contribution in [1.82, 2.24) is 0 Å². The maximum Gasteiger partial charge on any atom is 0.161 e. The van der Waals surface area contributed by atoms with Crippen molar-refractivity contribution in [1.29, 1.82) is 0 Å². The van der Waals surface area contributed by atoms with E-state index >= 15 is 0 Å². The summed E-state index contributed by atoms with van der Waals surface area (Å²) in [7, 11) is 0. The average Bonchev–Trinajstić information content (AvgIpc) is 1.89. The molecule has 0 saturated heterocycles. The van der Waals surface area contributed by atoms with Gasteiger partial charge in [-0.15, -0.1) is 6.08 Å². The highest BCUT2D eigenvalue weighted by atomic mass is 27.0. The first-order valence-electron chi connectivity index (χ1n) is 3.78. The molecule has 0 aliphatic rings. The van der Waals surface area contributed by atoms with Crippen molar-refractivity contribution in [2.75, 3.05) is 0 Å². The molecule has 0 atom stereocenters. The van der Waals surface area contributed by atoms with Crippen LogP contribution in [0.3, 0.4) is 0 Å². The van der Waals surface area contributed by atoms with Crippen molar-refractivity contribution in [3.63, 3.8) is 0 Å². The van der Waals surface area contributed by atoms with E-state index in [2.05, 4.69) is 29.3 Å². The number of rotatable bonds is 5. The zero-order chi connectivity index (χ0) is 6.95. The molecule has 0 amide bonds. The molecule has 0 heterocycles. The van der Waals surface area contributed by atoms with Crippen molar-refractivity contribution in [3.05, 3.63) is 11.0 Å². The Bertz CT molecular complexity index is 67.0. The third-order valence-electron chi connectivity index (χ3n) is 1.36. The monoisotopic (exact) mass is 138 g/mol. The lowest BCUT2D eigenvalue weighted by Crippen LogP contribution is -1.73. The van der Waals surface area contributed by atoms with Gasteiger partial charge in [-0.1, -0.05) is 26.2 Å². The molecule has 0 aliphatic carbocycles. The second kappa shape index (κ2) is 8.27. The molecule has 0 aromatic carbocycles. The summed E-state index contributed by atoms with van der Waals surface area (Å²) < 4.78 is 0. The third-order valence-corrected chi connectivity index (χ3v) is 1.63. The fourth-order valence-electron chi connectivity index (χ4n) is 0.785. The standard InChI is InChI=1S/C8H15.Al/c1-3-5-7-8-6-4-2;/h1,3H,4-8H2,2H3;. The lowest BCUT2D eigenvalue weighted by atomic mass is 10.2. The molecular formula is C8H15Al. The summed E-state index contributed by atoms with van der Waals surface area (Å²) in [6.07, 6.45) is 8.95. The van der Waals surface area contributed by atoms with Crippen LogP contribution in [0.4, 0.5) is 0 Å². The Morgan fingerprint density at radius 2 is 2.00 bits per heavy atom. The fraction of sp³-hybridized carbons (Fsp3) is 0.750. The van der Waals surface area contributed by atoms with E-state index in [1.54, 1.807) is 0 Å². The molecule has 0 nitrogen and oxygen atoms in total. The first-order valence-corrected chi connectivity index (χ1v) is 4.45. The molecule has 1 heteroatoms. The molecule has 0 bridgehead atoms. The lowest BCUT2D eigenvalue weighted by Gasteiger charge is -1.92. The second-order valence-electron chi connectivity index (χ2n) is 2.28. The van der Waals surface area contributed by atoms with Gasteiger partial charge in [0.15, 0.2) is 16.3 Å². The van der Waals surface area contributed by atoms with E-state index in [4.69, 9.17) is 0 Å². The smallest absolute Gasteiger partial charge is 0.161 e. The molecule has 2 radical (unpaired) electrons. The van der Waals surface area contributed by atoms with Gasteiger partial charge in [-0.05, 0) is 12.8 Å². The SMILES string of the molecule is CCCCCCC=[CH][Al]. The Morgan fingerprint density at radius 1 is 1.22 bits per heavy atom. The lowest BCUT2D eigenvalue weighted by molar-refractivity contribution is 0.675. The number of unbranched alkanes of at least 4 members (excludes halogenated alkanes) is 4. The maximum atomic E-state index is 2.60. The first-order chi connectivity index (χ1) is 4.41. The molecule has 0 aliphatic heterocycles. The highest BCUT2D eigenvalue weighted by Crippen LogP contribution is 2.01. The number of hydrogen-bond donors (Lipinski definition) is 0. The normalized spacial score (nSPS) is 10.8. The summed E-state index contributed by atoms with van der Waals surface area (Å²) in [5.74, 6) is 0. The Labute approximate surface area is 66.8 Å². The quantitative estimate of drug-likeness (QED) is 0.404. The highest BCUT2D eigenvalue weighted by Gasteiger charge is 1.82. The zero-order valence-electron chi connectivity index (χ0n) is 6.27. The van der Waals surface area contributed by atoms with Crippen LogP contribution < -0.4 is 0 Å². The molecule has 0 aromatic rings. The minimum Gasteiger partial charge on any atom is -0.176 e. The Hall–Kier alpha value is 0.272. The Morgan fingerprint density at radius 3 is 2.56 bits per heavy atom. The van der Waals surface area contributed by atoms with Crippen molar-refractivity contribution in [3.8, 4) is 0 Å². The van der Waals surface area contributed by atoms with Gasteiger partial charge in [0.1, 0.15) is 0 Å². The van der Waals surface area contributed by atoms with Crippen molar-refractivity contribution in [2.24, 2.45) is 0 Å². The summed E-state index contributed by atoms with van der Waals surface area (Å²) in [5, 5.41) is 0. The molecule has 0 fully saturated rings. The molecule has 0 saturated carbocycles. The van der Waals surface area contributed by atoms with Gasteiger partial charge in [0.25, 0.3) is 0 Å². The van der Waals surface area contributed by atoms with E-state index in [1.807, 2.05) is 4.94 Å². The van der Waals surface area contributed by atoms with E-state index in [9.17, 15) is 0 Å². The molecule has 0 unspecified atom stereocenters. The highest BCUT2D eigenvalue weighted by molar-refractivity contribution is 6.16. The maximum absolute atomic E-state index is 2.60. The van der Waals surface area contributed by atoms with E-state index in [0.29, 0.717) is 0 Å². The van der Waals surface area contributed by atoms with Crippen LogP contribution in [-0.4, -0.2) is 16.3 Å². The Balaban J connectivity index is 2.75. The van der Waals surface area contributed by atoms with Crippen LogP contribution in [0, 0.1) is 0 Å². The summed E-state index contributed by atoms with van der Waals surface area (Å²) in [5.41, 5.74) is 0. The summed E-state index contributed by atoms with van der Waals surface area (Å²) in [4.78, 5) is 2.05. The zero-order valence-corrected chi connectivity index (χ0v) is 7.42.